The van der Waals surface area contributed by atoms with E-state index < -0.39 is 5.97 Å². The molecule has 3 rings (SSSR count). The van der Waals surface area contributed by atoms with Gasteiger partial charge in [0, 0.05) is 30.7 Å². The molecule has 9 heteroatoms. The lowest BCUT2D eigenvalue weighted by Crippen LogP contribution is -2.25. The average Bonchev–Trinajstić information content (AvgIpc) is 3.12. The van der Waals surface area contributed by atoms with E-state index in [1.165, 1.54) is 11.3 Å². The first kappa shape index (κ1) is 14.7. The van der Waals surface area contributed by atoms with E-state index in [0.717, 1.165) is 16.3 Å². The van der Waals surface area contributed by atoms with Crippen LogP contribution in [0.25, 0.3) is 4.96 Å². The molecule has 0 fully saturated rings. The third-order valence-corrected chi connectivity index (χ3v) is 4.96. The lowest BCUT2D eigenvalue weighted by atomic mass is 10.4. The number of carbonyl (C=O) groups excluding carboxylic acids is 1. The maximum absolute atomic E-state index is 12.0. The molecule has 0 atom stereocenters. The SMILES string of the molecule is Cc1nc(CCNC(=O)c2cn3ccsc3n2)sc1C(=O)O. The summed E-state index contributed by atoms with van der Waals surface area (Å²) in [6, 6.07) is 0. The van der Waals surface area contributed by atoms with Crippen LogP contribution in [0.15, 0.2) is 17.8 Å². The number of rotatable bonds is 5. The van der Waals surface area contributed by atoms with Crippen LogP contribution >= 0.6 is 22.7 Å². The Morgan fingerprint density at radius 1 is 1.41 bits per heavy atom. The van der Waals surface area contributed by atoms with Crippen LogP contribution in [-0.2, 0) is 6.42 Å². The van der Waals surface area contributed by atoms with Gasteiger partial charge in [-0.2, -0.15) is 0 Å². The Kier molecular flexibility index (Phi) is 3.90. The van der Waals surface area contributed by atoms with Gasteiger partial charge in [0.2, 0.25) is 0 Å². The molecule has 0 aliphatic heterocycles. The number of thiazole rings is 2. The van der Waals surface area contributed by atoms with E-state index in [0.29, 0.717) is 29.4 Å². The molecule has 0 saturated heterocycles. The Hall–Kier alpha value is -2.26. The number of carboxylic acids is 1. The molecule has 2 N–H and O–H groups in total. The Morgan fingerprint density at radius 3 is 2.91 bits per heavy atom. The van der Waals surface area contributed by atoms with Crippen molar-refractivity contribution in [2.24, 2.45) is 0 Å². The van der Waals surface area contributed by atoms with Crippen LogP contribution in [0.1, 0.15) is 30.9 Å². The predicted octanol–water partition coefficient (Wildman–Crippen LogP) is 1.83. The molecular formula is C13H12N4O3S2. The van der Waals surface area contributed by atoms with E-state index >= 15 is 0 Å². The van der Waals surface area contributed by atoms with Gasteiger partial charge in [0.05, 0.1) is 10.7 Å². The third-order valence-electron chi connectivity index (χ3n) is 2.99. The zero-order chi connectivity index (χ0) is 15.7. The number of hydrogen-bond donors (Lipinski definition) is 2. The normalized spacial score (nSPS) is 11.0. The summed E-state index contributed by atoms with van der Waals surface area (Å²) in [6.45, 7) is 2.05. The molecule has 0 saturated carbocycles. The minimum atomic E-state index is -0.969. The fourth-order valence-corrected chi connectivity index (χ4v) is 3.57. The Balaban J connectivity index is 1.58. The third kappa shape index (κ3) is 2.85. The van der Waals surface area contributed by atoms with Crippen molar-refractivity contribution in [3.05, 3.63) is 39.0 Å². The molecule has 3 aromatic heterocycles. The Labute approximate surface area is 133 Å². The van der Waals surface area contributed by atoms with E-state index in [-0.39, 0.29) is 10.8 Å². The number of aryl methyl sites for hydroxylation is 1. The lowest BCUT2D eigenvalue weighted by molar-refractivity contribution is 0.0701. The summed E-state index contributed by atoms with van der Waals surface area (Å²) in [5.41, 5.74) is 0.876. The van der Waals surface area contributed by atoms with Crippen LogP contribution in [0.5, 0.6) is 0 Å². The number of aromatic nitrogens is 3. The maximum atomic E-state index is 12.0. The molecule has 0 unspecified atom stereocenters. The van der Waals surface area contributed by atoms with Crippen molar-refractivity contribution in [1.82, 2.24) is 19.7 Å². The molecule has 0 bridgehead atoms. The van der Waals surface area contributed by atoms with Crippen LogP contribution in [0.3, 0.4) is 0 Å². The van der Waals surface area contributed by atoms with Crippen molar-refractivity contribution in [3.8, 4) is 0 Å². The number of carboxylic acid groups (broad SMARTS) is 1. The van der Waals surface area contributed by atoms with Gasteiger partial charge in [-0.1, -0.05) is 0 Å². The second-order valence-electron chi connectivity index (χ2n) is 4.55. The van der Waals surface area contributed by atoms with E-state index in [1.807, 2.05) is 11.6 Å². The standard InChI is InChI=1S/C13H12N4O3S2/c1-7-10(12(19)20)22-9(15-7)2-3-14-11(18)8-6-17-4-5-21-13(17)16-8/h4-6H,2-3H2,1H3,(H,14,18)(H,19,20). The fourth-order valence-electron chi connectivity index (χ4n) is 1.97. The molecule has 114 valence electrons. The summed E-state index contributed by atoms with van der Waals surface area (Å²) in [4.78, 5) is 32.4. The highest BCUT2D eigenvalue weighted by atomic mass is 32.1. The van der Waals surface area contributed by atoms with Crippen LogP contribution < -0.4 is 5.32 Å². The van der Waals surface area contributed by atoms with Gasteiger partial charge in [0.25, 0.3) is 5.91 Å². The second kappa shape index (κ2) is 5.85. The number of fused-ring (bicyclic) bond motifs is 1. The van der Waals surface area contributed by atoms with Gasteiger partial charge in [0.15, 0.2) is 4.96 Å². The Bertz CT molecular complexity index is 820. The lowest BCUT2D eigenvalue weighted by Gasteiger charge is -2.00. The van der Waals surface area contributed by atoms with E-state index in [2.05, 4.69) is 15.3 Å². The number of nitrogens with zero attached hydrogens (tertiary/aromatic N) is 3. The van der Waals surface area contributed by atoms with Crippen LogP contribution in [-0.4, -0.2) is 37.9 Å². The first-order valence-corrected chi connectivity index (χ1v) is 8.14. The number of aromatic carboxylic acids is 1. The van der Waals surface area contributed by atoms with Gasteiger partial charge in [-0.15, -0.1) is 22.7 Å². The van der Waals surface area contributed by atoms with Crippen molar-refractivity contribution >= 4 is 39.5 Å². The maximum Gasteiger partial charge on any atom is 0.347 e. The molecule has 22 heavy (non-hydrogen) atoms. The number of hydrogen-bond acceptors (Lipinski definition) is 6. The zero-order valence-electron chi connectivity index (χ0n) is 11.6. The first-order chi connectivity index (χ1) is 10.5. The average molecular weight is 336 g/mol. The van der Waals surface area contributed by atoms with Crippen LogP contribution in [0, 0.1) is 6.92 Å². The summed E-state index contributed by atoms with van der Waals surface area (Å²) in [7, 11) is 0. The number of nitrogens with one attached hydrogen (secondary N) is 1. The summed E-state index contributed by atoms with van der Waals surface area (Å²) in [5, 5.41) is 14.3. The van der Waals surface area contributed by atoms with Gasteiger partial charge >= 0.3 is 5.97 Å². The second-order valence-corrected chi connectivity index (χ2v) is 6.51. The van der Waals surface area contributed by atoms with Crippen LogP contribution in [0.2, 0.25) is 0 Å². The highest BCUT2D eigenvalue weighted by Gasteiger charge is 2.15. The number of carbonyl (C=O) groups is 2. The fraction of sp³-hybridized carbons (Fsp3) is 0.231. The minimum absolute atomic E-state index is 0.246. The molecule has 3 heterocycles. The van der Waals surface area contributed by atoms with Crippen molar-refractivity contribution in [1.29, 1.82) is 0 Å². The van der Waals surface area contributed by atoms with Crippen molar-refractivity contribution in [2.75, 3.05) is 6.54 Å². The predicted molar refractivity (Wildman–Crippen MR) is 82.9 cm³/mol. The first-order valence-electron chi connectivity index (χ1n) is 6.44. The quantitative estimate of drug-likeness (QED) is 0.741. The van der Waals surface area contributed by atoms with E-state index in [9.17, 15) is 9.59 Å². The molecule has 0 spiro atoms. The molecule has 0 aliphatic rings. The monoisotopic (exact) mass is 336 g/mol. The summed E-state index contributed by atoms with van der Waals surface area (Å²) >= 11 is 2.60. The largest absolute Gasteiger partial charge is 0.477 e. The highest BCUT2D eigenvalue weighted by Crippen LogP contribution is 2.18. The van der Waals surface area contributed by atoms with Crippen molar-refractivity contribution in [3.63, 3.8) is 0 Å². The zero-order valence-corrected chi connectivity index (χ0v) is 13.2. The van der Waals surface area contributed by atoms with Gasteiger partial charge < -0.3 is 10.4 Å². The molecule has 3 aromatic rings. The Morgan fingerprint density at radius 2 is 2.23 bits per heavy atom. The van der Waals surface area contributed by atoms with Gasteiger partial charge in [0.1, 0.15) is 10.6 Å². The highest BCUT2D eigenvalue weighted by molar-refractivity contribution is 7.15. The van der Waals surface area contributed by atoms with E-state index in [4.69, 9.17) is 5.11 Å². The minimum Gasteiger partial charge on any atom is -0.477 e. The molecule has 7 nitrogen and oxygen atoms in total. The van der Waals surface area contributed by atoms with Crippen molar-refractivity contribution < 1.29 is 14.7 Å². The van der Waals surface area contributed by atoms with Gasteiger partial charge in [-0.3, -0.25) is 9.20 Å². The van der Waals surface area contributed by atoms with E-state index in [1.54, 1.807) is 17.5 Å². The molecule has 0 aromatic carbocycles. The summed E-state index contributed by atoms with van der Waals surface area (Å²) in [6.07, 6.45) is 4.01. The van der Waals surface area contributed by atoms with Crippen LogP contribution in [0.4, 0.5) is 0 Å². The summed E-state index contributed by atoms with van der Waals surface area (Å²) in [5.74, 6) is -1.22. The summed E-state index contributed by atoms with van der Waals surface area (Å²) < 4.78 is 1.79. The topological polar surface area (TPSA) is 96.6 Å². The molecular weight excluding hydrogens is 324 g/mol. The van der Waals surface area contributed by atoms with Crippen molar-refractivity contribution in [2.45, 2.75) is 13.3 Å². The number of amides is 1. The molecule has 0 radical (unpaired) electrons. The molecule has 0 aliphatic carbocycles. The smallest absolute Gasteiger partial charge is 0.347 e. The van der Waals surface area contributed by atoms with Gasteiger partial charge in [-0.05, 0) is 6.92 Å². The number of imidazole rings is 1. The van der Waals surface area contributed by atoms with Gasteiger partial charge in [-0.25, -0.2) is 14.8 Å². The molecule has 1 amide bonds.